The SMILES string of the molecule is O=C(CC1CS(=O)(=O)CCN1)Nc1ccc(C(=O)O)cc1. The number of sulfone groups is 1. The standard InChI is InChI=1S/C13H16N2O5S/c16-12(7-11-8-21(19,20)6-5-14-11)15-10-3-1-9(2-4-10)13(17)18/h1-4,11,14H,5-8H2,(H,15,16)(H,17,18). The van der Waals surface area contributed by atoms with Gasteiger partial charge in [-0.25, -0.2) is 13.2 Å². The van der Waals surface area contributed by atoms with Crippen LogP contribution in [0.1, 0.15) is 16.8 Å². The van der Waals surface area contributed by atoms with Gasteiger partial charge in [-0.3, -0.25) is 4.79 Å². The molecule has 0 spiro atoms. The molecular formula is C13H16N2O5S. The van der Waals surface area contributed by atoms with E-state index in [2.05, 4.69) is 10.6 Å². The summed E-state index contributed by atoms with van der Waals surface area (Å²) in [5, 5.41) is 14.4. The van der Waals surface area contributed by atoms with E-state index >= 15 is 0 Å². The monoisotopic (exact) mass is 312 g/mol. The minimum Gasteiger partial charge on any atom is -0.478 e. The van der Waals surface area contributed by atoms with Crippen molar-refractivity contribution in [2.24, 2.45) is 0 Å². The van der Waals surface area contributed by atoms with Crippen molar-refractivity contribution in [2.75, 3.05) is 23.4 Å². The lowest BCUT2D eigenvalue weighted by atomic mass is 10.2. The number of nitrogens with one attached hydrogen (secondary N) is 2. The van der Waals surface area contributed by atoms with E-state index in [1.54, 1.807) is 0 Å². The van der Waals surface area contributed by atoms with Gasteiger partial charge in [-0.2, -0.15) is 0 Å². The molecule has 0 saturated carbocycles. The summed E-state index contributed by atoms with van der Waals surface area (Å²) in [4.78, 5) is 22.6. The summed E-state index contributed by atoms with van der Waals surface area (Å²) in [5.41, 5.74) is 0.608. The average molecular weight is 312 g/mol. The van der Waals surface area contributed by atoms with Gasteiger partial charge in [0.25, 0.3) is 0 Å². The Morgan fingerprint density at radius 3 is 2.52 bits per heavy atom. The van der Waals surface area contributed by atoms with Gasteiger partial charge >= 0.3 is 5.97 Å². The number of aromatic carboxylic acids is 1. The van der Waals surface area contributed by atoms with E-state index in [-0.39, 0.29) is 35.4 Å². The maximum absolute atomic E-state index is 11.8. The van der Waals surface area contributed by atoms with E-state index in [0.29, 0.717) is 12.2 Å². The average Bonchev–Trinajstić information content (AvgIpc) is 2.37. The molecule has 1 atom stereocenters. The van der Waals surface area contributed by atoms with E-state index in [0.717, 1.165) is 0 Å². The Kier molecular flexibility index (Phi) is 4.59. The van der Waals surface area contributed by atoms with Crippen molar-refractivity contribution in [3.05, 3.63) is 29.8 Å². The third-order valence-corrected chi connectivity index (χ3v) is 4.88. The van der Waals surface area contributed by atoms with Gasteiger partial charge in [0.1, 0.15) is 0 Å². The van der Waals surface area contributed by atoms with Gasteiger partial charge in [0.15, 0.2) is 9.84 Å². The van der Waals surface area contributed by atoms with Crippen molar-refractivity contribution in [3.63, 3.8) is 0 Å². The molecule has 114 valence electrons. The van der Waals surface area contributed by atoms with Crippen LogP contribution in [-0.2, 0) is 14.6 Å². The number of amides is 1. The molecule has 7 nitrogen and oxygen atoms in total. The highest BCUT2D eigenvalue weighted by Gasteiger charge is 2.25. The van der Waals surface area contributed by atoms with E-state index < -0.39 is 15.8 Å². The molecule has 0 bridgehead atoms. The van der Waals surface area contributed by atoms with Crippen LogP contribution in [0.3, 0.4) is 0 Å². The fourth-order valence-corrected chi connectivity index (χ4v) is 3.57. The number of hydrogen-bond acceptors (Lipinski definition) is 5. The van der Waals surface area contributed by atoms with Crippen molar-refractivity contribution >= 4 is 27.4 Å². The van der Waals surface area contributed by atoms with E-state index in [4.69, 9.17) is 5.11 Å². The Labute approximate surface area is 122 Å². The molecule has 1 aliphatic heterocycles. The van der Waals surface area contributed by atoms with Crippen molar-refractivity contribution in [2.45, 2.75) is 12.5 Å². The highest BCUT2D eigenvalue weighted by Crippen LogP contribution is 2.11. The number of anilines is 1. The second kappa shape index (κ2) is 6.23. The van der Waals surface area contributed by atoms with Crippen LogP contribution in [0, 0.1) is 0 Å². The molecule has 21 heavy (non-hydrogen) atoms. The smallest absolute Gasteiger partial charge is 0.335 e. The summed E-state index contributed by atoms with van der Waals surface area (Å²) in [6.07, 6.45) is 0.0555. The number of benzene rings is 1. The zero-order valence-electron chi connectivity index (χ0n) is 11.2. The second-order valence-electron chi connectivity index (χ2n) is 4.90. The molecule has 3 N–H and O–H groups in total. The Morgan fingerprint density at radius 2 is 1.95 bits per heavy atom. The Bertz CT molecular complexity index is 639. The predicted molar refractivity (Wildman–Crippen MR) is 77.1 cm³/mol. The summed E-state index contributed by atoms with van der Waals surface area (Å²) in [6.45, 7) is 0.355. The van der Waals surface area contributed by atoms with E-state index in [1.165, 1.54) is 24.3 Å². The van der Waals surface area contributed by atoms with Crippen LogP contribution in [0.25, 0.3) is 0 Å². The van der Waals surface area contributed by atoms with Crippen molar-refractivity contribution in [1.82, 2.24) is 5.32 Å². The van der Waals surface area contributed by atoms with Crippen LogP contribution in [0.4, 0.5) is 5.69 Å². The number of carbonyl (C=O) groups excluding carboxylic acids is 1. The molecule has 8 heteroatoms. The number of carbonyl (C=O) groups is 2. The Balaban J connectivity index is 1.91. The first-order valence-electron chi connectivity index (χ1n) is 6.43. The number of hydrogen-bond donors (Lipinski definition) is 3. The molecule has 1 aromatic carbocycles. The molecule has 1 unspecified atom stereocenters. The van der Waals surface area contributed by atoms with Crippen molar-refractivity contribution in [1.29, 1.82) is 0 Å². The van der Waals surface area contributed by atoms with Crippen molar-refractivity contribution in [3.8, 4) is 0 Å². The van der Waals surface area contributed by atoms with Gasteiger partial charge < -0.3 is 15.7 Å². The molecule has 0 radical (unpaired) electrons. The normalized spacial score (nSPS) is 20.7. The second-order valence-corrected chi connectivity index (χ2v) is 7.13. The largest absolute Gasteiger partial charge is 0.478 e. The van der Waals surface area contributed by atoms with Crippen LogP contribution in [0.5, 0.6) is 0 Å². The zero-order valence-corrected chi connectivity index (χ0v) is 12.0. The highest BCUT2D eigenvalue weighted by molar-refractivity contribution is 7.91. The predicted octanol–water partition coefficient (Wildman–Crippen LogP) is 0.100. The summed E-state index contributed by atoms with van der Waals surface area (Å²) in [7, 11) is -3.07. The lowest BCUT2D eigenvalue weighted by Crippen LogP contribution is -2.46. The maximum Gasteiger partial charge on any atom is 0.335 e. The van der Waals surface area contributed by atoms with E-state index in [9.17, 15) is 18.0 Å². The summed E-state index contributed by atoms with van der Waals surface area (Å²) >= 11 is 0. The van der Waals surface area contributed by atoms with Crippen LogP contribution in [0.15, 0.2) is 24.3 Å². The minimum absolute atomic E-state index is 0.0433. The number of carboxylic acids is 1. The summed E-state index contributed by atoms with van der Waals surface area (Å²) < 4.78 is 22.9. The van der Waals surface area contributed by atoms with E-state index in [1.807, 2.05) is 0 Å². The third kappa shape index (κ3) is 4.54. The number of carboxylic acid groups (broad SMARTS) is 1. The van der Waals surface area contributed by atoms with Crippen LogP contribution >= 0.6 is 0 Å². The van der Waals surface area contributed by atoms with Gasteiger partial charge in [0.2, 0.25) is 5.91 Å². The van der Waals surface area contributed by atoms with Gasteiger partial charge in [-0.15, -0.1) is 0 Å². The third-order valence-electron chi connectivity index (χ3n) is 3.15. The lowest BCUT2D eigenvalue weighted by Gasteiger charge is -2.23. The molecule has 1 fully saturated rings. The quantitative estimate of drug-likeness (QED) is 0.727. The molecule has 0 aliphatic carbocycles. The first-order valence-corrected chi connectivity index (χ1v) is 8.25. The van der Waals surface area contributed by atoms with Crippen LogP contribution < -0.4 is 10.6 Å². The highest BCUT2D eigenvalue weighted by atomic mass is 32.2. The van der Waals surface area contributed by atoms with Gasteiger partial charge in [0, 0.05) is 24.7 Å². The topological polar surface area (TPSA) is 113 Å². The molecule has 1 heterocycles. The fourth-order valence-electron chi connectivity index (χ4n) is 2.13. The summed E-state index contributed by atoms with van der Waals surface area (Å²) in [5.74, 6) is -1.29. The molecule has 1 amide bonds. The molecule has 1 aromatic rings. The van der Waals surface area contributed by atoms with Crippen LogP contribution in [-0.4, -0.2) is 49.5 Å². The van der Waals surface area contributed by atoms with Gasteiger partial charge in [0.05, 0.1) is 17.1 Å². The molecule has 1 aliphatic rings. The maximum atomic E-state index is 11.8. The summed E-state index contributed by atoms with van der Waals surface area (Å²) in [6, 6.07) is 5.38. The Morgan fingerprint density at radius 1 is 1.29 bits per heavy atom. The molecule has 2 rings (SSSR count). The lowest BCUT2D eigenvalue weighted by molar-refractivity contribution is -0.116. The van der Waals surface area contributed by atoms with Crippen molar-refractivity contribution < 1.29 is 23.1 Å². The minimum atomic E-state index is -3.07. The van der Waals surface area contributed by atoms with Gasteiger partial charge in [-0.05, 0) is 24.3 Å². The first kappa shape index (κ1) is 15.5. The molecular weight excluding hydrogens is 296 g/mol. The molecule has 0 aromatic heterocycles. The molecule has 1 saturated heterocycles. The number of rotatable bonds is 4. The Hall–Kier alpha value is -1.93. The van der Waals surface area contributed by atoms with Crippen LogP contribution in [0.2, 0.25) is 0 Å². The zero-order chi connectivity index (χ0) is 15.5. The first-order chi connectivity index (χ1) is 9.85. The van der Waals surface area contributed by atoms with Gasteiger partial charge in [-0.1, -0.05) is 0 Å². The fraction of sp³-hybridized carbons (Fsp3) is 0.385.